The number of fused-ring (bicyclic) bond motifs is 1. The first-order valence-corrected chi connectivity index (χ1v) is 7.33. The van der Waals surface area contributed by atoms with E-state index >= 15 is 0 Å². The van der Waals surface area contributed by atoms with Crippen molar-refractivity contribution in [2.24, 2.45) is 0 Å². The number of nitrogens with zero attached hydrogens (tertiary/aromatic N) is 1. The van der Waals surface area contributed by atoms with Gasteiger partial charge in [-0.3, -0.25) is 14.5 Å². The summed E-state index contributed by atoms with van der Waals surface area (Å²) in [6.45, 7) is 1.43. The van der Waals surface area contributed by atoms with Gasteiger partial charge in [0.15, 0.2) is 5.50 Å². The lowest BCUT2D eigenvalue weighted by Gasteiger charge is -2.35. The molecule has 1 atom stereocenters. The van der Waals surface area contributed by atoms with Gasteiger partial charge in [0.05, 0.1) is 5.56 Å². The van der Waals surface area contributed by atoms with Crippen LogP contribution in [0.2, 0.25) is 0 Å². The highest BCUT2D eigenvalue weighted by molar-refractivity contribution is 7.81. The van der Waals surface area contributed by atoms with Crippen LogP contribution in [0.15, 0.2) is 48.5 Å². The molecular weight excluding hydrogens is 298 g/mol. The Balaban J connectivity index is 2.00. The molecule has 22 heavy (non-hydrogen) atoms. The fourth-order valence-electron chi connectivity index (χ4n) is 2.42. The van der Waals surface area contributed by atoms with Crippen LogP contribution in [0.3, 0.4) is 0 Å². The van der Waals surface area contributed by atoms with Crippen molar-refractivity contribution in [1.29, 1.82) is 0 Å². The van der Waals surface area contributed by atoms with Crippen molar-refractivity contribution >= 4 is 41.5 Å². The number of amides is 2. The second-order valence-corrected chi connectivity index (χ2v) is 5.46. The van der Waals surface area contributed by atoms with Gasteiger partial charge in [-0.15, -0.1) is 12.6 Å². The Hall–Kier alpha value is -2.47. The first-order chi connectivity index (χ1) is 10.6. The molecule has 112 valence electrons. The topological polar surface area (TPSA) is 61.4 Å². The molecule has 0 aliphatic carbocycles. The van der Waals surface area contributed by atoms with Gasteiger partial charge in [0.25, 0.3) is 5.91 Å². The largest absolute Gasteiger partial charge is 0.356 e. The zero-order valence-corrected chi connectivity index (χ0v) is 12.8. The number of rotatable bonds is 2. The highest BCUT2D eigenvalue weighted by Crippen LogP contribution is 2.32. The summed E-state index contributed by atoms with van der Waals surface area (Å²) in [6.07, 6.45) is 0. The van der Waals surface area contributed by atoms with Gasteiger partial charge in [-0.1, -0.05) is 18.2 Å². The summed E-state index contributed by atoms with van der Waals surface area (Å²) in [4.78, 5) is 25.5. The molecule has 1 aliphatic rings. The van der Waals surface area contributed by atoms with Crippen LogP contribution in [0, 0.1) is 0 Å². The predicted molar refractivity (Wildman–Crippen MR) is 90.4 cm³/mol. The Labute approximate surface area is 133 Å². The molecule has 2 N–H and O–H groups in total. The van der Waals surface area contributed by atoms with Crippen molar-refractivity contribution in [2.75, 3.05) is 15.5 Å². The number of carbonyl (C=O) groups is 2. The normalized spacial score (nSPS) is 16.7. The van der Waals surface area contributed by atoms with Gasteiger partial charge in [-0.2, -0.15) is 0 Å². The van der Waals surface area contributed by atoms with E-state index in [4.69, 9.17) is 0 Å². The minimum absolute atomic E-state index is 0.160. The summed E-state index contributed by atoms with van der Waals surface area (Å²) in [6, 6.07) is 14.5. The summed E-state index contributed by atoms with van der Waals surface area (Å²) in [5, 5.41) is 5.86. The van der Waals surface area contributed by atoms with Crippen LogP contribution in [-0.2, 0) is 4.79 Å². The SMILES string of the molecule is CC(=O)Nc1ccc2c(c1)C(=O)N(c1ccccc1)C(S)N2. The lowest BCUT2D eigenvalue weighted by molar-refractivity contribution is -0.114. The minimum Gasteiger partial charge on any atom is -0.356 e. The van der Waals surface area contributed by atoms with E-state index in [2.05, 4.69) is 23.3 Å². The van der Waals surface area contributed by atoms with E-state index in [1.165, 1.54) is 6.92 Å². The lowest BCUT2D eigenvalue weighted by Crippen LogP contribution is -2.46. The van der Waals surface area contributed by atoms with Crippen molar-refractivity contribution in [3.63, 3.8) is 0 Å². The third-order valence-electron chi connectivity index (χ3n) is 3.35. The maximum atomic E-state index is 12.8. The second kappa shape index (κ2) is 5.73. The number of carbonyl (C=O) groups excluding carboxylic acids is 2. The number of para-hydroxylation sites is 1. The van der Waals surface area contributed by atoms with Gasteiger partial charge in [-0.05, 0) is 30.3 Å². The van der Waals surface area contributed by atoms with Crippen LogP contribution in [0.4, 0.5) is 17.1 Å². The van der Waals surface area contributed by atoms with Crippen LogP contribution >= 0.6 is 12.6 Å². The Bertz CT molecular complexity index is 733. The molecule has 3 rings (SSSR count). The highest BCUT2D eigenvalue weighted by Gasteiger charge is 2.31. The number of hydrogen-bond donors (Lipinski definition) is 3. The van der Waals surface area contributed by atoms with Crippen LogP contribution in [0.25, 0.3) is 0 Å². The van der Waals surface area contributed by atoms with Gasteiger partial charge in [0, 0.05) is 24.0 Å². The maximum absolute atomic E-state index is 12.8. The van der Waals surface area contributed by atoms with Crippen LogP contribution in [0.5, 0.6) is 0 Å². The van der Waals surface area contributed by atoms with Crippen molar-refractivity contribution in [1.82, 2.24) is 0 Å². The summed E-state index contributed by atoms with van der Waals surface area (Å²) in [5.41, 5.74) is 2.10. The van der Waals surface area contributed by atoms with Gasteiger partial charge < -0.3 is 10.6 Å². The second-order valence-electron chi connectivity index (χ2n) is 4.97. The van der Waals surface area contributed by atoms with E-state index in [-0.39, 0.29) is 11.8 Å². The predicted octanol–water partition coefficient (Wildman–Crippen LogP) is 2.93. The van der Waals surface area contributed by atoms with Gasteiger partial charge in [-0.25, -0.2) is 0 Å². The van der Waals surface area contributed by atoms with E-state index < -0.39 is 5.50 Å². The summed E-state index contributed by atoms with van der Waals surface area (Å²) >= 11 is 4.46. The summed E-state index contributed by atoms with van der Waals surface area (Å²) in [5.74, 6) is -0.338. The van der Waals surface area contributed by atoms with Gasteiger partial charge >= 0.3 is 0 Å². The molecule has 0 bridgehead atoms. The van der Waals surface area contributed by atoms with Crippen LogP contribution < -0.4 is 15.5 Å². The Morgan fingerprint density at radius 1 is 1.23 bits per heavy atom. The average Bonchev–Trinajstić information content (AvgIpc) is 2.48. The molecule has 2 amide bonds. The summed E-state index contributed by atoms with van der Waals surface area (Å²) in [7, 11) is 0. The van der Waals surface area contributed by atoms with E-state index in [1.807, 2.05) is 30.3 Å². The molecule has 1 heterocycles. The quantitative estimate of drug-likeness (QED) is 0.747. The molecule has 0 spiro atoms. The third kappa shape index (κ3) is 2.65. The lowest BCUT2D eigenvalue weighted by atomic mass is 10.1. The molecule has 0 fully saturated rings. The number of hydrogen-bond acceptors (Lipinski definition) is 4. The van der Waals surface area contributed by atoms with E-state index in [9.17, 15) is 9.59 Å². The number of benzene rings is 2. The highest BCUT2D eigenvalue weighted by atomic mass is 32.1. The zero-order valence-electron chi connectivity index (χ0n) is 11.9. The number of thiol groups is 1. The number of nitrogens with one attached hydrogen (secondary N) is 2. The van der Waals surface area contributed by atoms with Crippen molar-refractivity contribution < 1.29 is 9.59 Å². The zero-order chi connectivity index (χ0) is 15.7. The monoisotopic (exact) mass is 313 g/mol. The maximum Gasteiger partial charge on any atom is 0.262 e. The molecule has 1 unspecified atom stereocenters. The van der Waals surface area contributed by atoms with Gasteiger partial charge in [0.1, 0.15) is 0 Å². The standard InChI is InChI=1S/C16H15N3O2S/c1-10(20)17-11-7-8-14-13(9-11)15(21)19(16(22)18-14)12-5-3-2-4-6-12/h2-9,16,18,22H,1H3,(H,17,20). The average molecular weight is 313 g/mol. The van der Waals surface area contributed by atoms with Crippen molar-refractivity contribution in [3.05, 3.63) is 54.1 Å². The fraction of sp³-hybridized carbons (Fsp3) is 0.125. The van der Waals surface area contributed by atoms with E-state index in [0.29, 0.717) is 16.9 Å². The van der Waals surface area contributed by atoms with Crippen LogP contribution in [0.1, 0.15) is 17.3 Å². The molecule has 0 saturated carbocycles. The third-order valence-corrected chi connectivity index (χ3v) is 3.71. The Kier molecular flexibility index (Phi) is 3.77. The molecule has 0 radical (unpaired) electrons. The molecule has 0 saturated heterocycles. The molecule has 6 heteroatoms. The fourth-order valence-corrected chi connectivity index (χ4v) is 2.80. The number of anilines is 3. The molecule has 5 nitrogen and oxygen atoms in total. The van der Waals surface area contributed by atoms with E-state index in [1.54, 1.807) is 23.1 Å². The Morgan fingerprint density at radius 3 is 2.64 bits per heavy atom. The summed E-state index contributed by atoms with van der Waals surface area (Å²) < 4.78 is 0. The molecule has 1 aliphatic heterocycles. The van der Waals surface area contributed by atoms with Crippen molar-refractivity contribution in [2.45, 2.75) is 12.4 Å². The van der Waals surface area contributed by atoms with Crippen molar-refractivity contribution in [3.8, 4) is 0 Å². The van der Waals surface area contributed by atoms with Crippen LogP contribution in [-0.4, -0.2) is 17.3 Å². The first kappa shape index (κ1) is 14.5. The molecule has 2 aromatic rings. The smallest absolute Gasteiger partial charge is 0.262 e. The molecule has 0 aromatic heterocycles. The minimum atomic E-state index is -0.450. The molecular formula is C16H15N3O2S. The Morgan fingerprint density at radius 2 is 1.95 bits per heavy atom. The first-order valence-electron chi connectivity index (χ1n) is 6.81. The molecule has 2 aromatic carbocycles. The van der Waals surface area contributed by atoms with E-state index in [0.717, 1.165) is 5.69 Å². The van der Waals surface area contributed by atoms with Gasteiger partial charge in [0.2, 0.25) is 5.91 Å².